The van der Waals surface area contributed by atoms with Crippen molar-refractivity contribution in [1.29, 1.82) is 0 Å². The number of rotatable bonds is 4. The van der Waals surface area contributed by atoms with Gasteiger partial charge in [-0.15, -0.1) is 0 Å². The maximum Gasteiger partial charge on any atom is 0.341 e. The summed E-state index contributed by atoms with van der Waals surface area (Å²) in [4.78, 5) is 11.8. The maximum absolute atomic E-state index is 11.8. The quantitative estimate of drug-likeness (QED) is 0.792. The highest BCUT2D eigenvalue weighted by Crippen LogP contribution is 2.31. The summed E-state index contributed by atoms with van der Waals surface area (Å²) < 4.78 is 33.4. The largest absolute Gasteiger partial charge is 0.496 e. The molecule has 0 N–H and O–H groups in total. The first-order valence-electron chi connectivity index (χ1n) is 5.72. The molecule has 0 aromatic heterocycles. The number of esters is 1. The molecule has 0 heterocycles. The summed E-state index contributed by atoms with van der Waals surface area (Å²) in [5.41, 5.74) is 0.724. The van der Waals surface area contributed by atoms with Gasteiger partial charge in [0.1, 0.15) is 11.3 Å². The second kappa shape index (κ2) is 5.61. The number of carbonyl (C=O) groups excluding carboxylic acids is 1. The molecule has 0 saturated heterocycles. The normalized spacial score (nSPS) is 11.5. The minimum absolute atomic E-state index is 0.00896. The van der Waals surface area contributed by atoms with Crippen LogP contribution in [0.25, 0.3) is 0 Å². The van der Waals surface area contributed by atoms with E-state index in [1.54, 1.807) is 6.07 Å². The highest BCUT2D eigenvalue weighted by atomic mass is 32.2. The van der Waals surface area contributed by atoms with Crippen molar-refractivity contribution in [2.45, 2.75) is 24.7 Å². The zero-order valence-corrected chi connectivity index (χ0v) is 12.5. The van der Waals surface area contributed by atoms with Crippen molar-refractivity contribution in [3.63, 3.8) is 0 Å². The SMILES string of the molecule is COC(=O)c1cc(S(C)(=O)=O)c(C(C)C)cc1OC. The van der Waals surface area contributed by atoms with E-state index < -0.39 is 15.8 Å². The number of ether oxygens (including phenoxy) is 2. The lowest BCUT2D eigenvalue weighted by Crippen LogP contribution is -2.10. The monoisotopic (exact) mass is 286 g/mol. The minimum atomic E-state index is -3.43. The van der Waals surface area contributed by atoms with Gasteiger partial charge in [0.2, 0.25) is 0 Å². The molecule has 0 fully saturated rings. The molecule has 0 aliphatic heterocycles. The van der Waals surface area contributed by atoms with Crippen molar-refractivity contribution in [3.8, 4) is 5.75 Å². The molecule has 0 atom stereocenters. The fourth-order valence-corrected chi connectivity index (χ4v) is 2.84. The molecule has 0 unspecified atom stereocenters. The molecule has 0 aliphatic rings. The van der Waals surface area contributed by atoms with E-state index in [2.05, 4.69) is 4.74 Å². The Labute approximate surface area is 113 Å². The summed E-state index contributed by atoms with van der Waals surface area (Å²) in [6.45, 7) is 3.75. The molecular weight excluding hydrogens is 268 g/mol. The summed E-state index contributed by atoms with van der Waals surface area (Å²) in [5.74, 6) is -0.328. The van der Waals surface area contributed by atoms with E-state index in [4.69, 9.17) is 4.74 Å². The molecule has 0 bridgehead atoms. The van der Waals surface area contributed by atoms with Crippen molar-refractivity contribution in [2.24, 2.45) is 0 Å². The molecule has 106 valence electrons. The van der Waals surface area contributed by atoms with Crippen LogP contribution in [0.4, 0.5) is 0 Å². The van der Waals surface area contributed by atoms with E-state index >= 15 is 0 Å². The highest BCUT2D eigenvalue weighted by Gasteiger charge is 2.23. The van der Waals surface area contributed by atoms with E-state index in [1.165, 1.54) is 20.3 Å². The third kappa shape index (κ3) is 3.26. The van der Waals surface area contributed by atoms with Gasteiger partial charge in [-0.25, -0.2) is 13.2 Å². The smallest absolute Gasteiger partial charge is 0.341 e. The zero-order valence-electron chi connectivity index (χ0n) is 11.7. The van der Waals surface area contributed by atoms with Gasteiger partial charge in [0.15, 0.2) is 9.84 Å². The van der Waals surface area contributed by atoms with Crippen molar-refractivity contribution < 1.29 is 22.7 Å². The second-order valence-corrected chi connectivity index (χ2v) is 6.49. The predicted octanol–water partition coefficient (Wildman–Crippen LogP) is 2.01. The molecule has 1 aromatic rings. The lowest BCUT2D eigenvalue weighted by molar-refractivity contribution is 0.0596. The molecule has 6 heteroatoms. The standard InChI is InChI=1S/C13H18O5S/c1-8(2)9-6-11(17-3)10(13(14)18-4)7-12(9)19(5,15)16/h6-8H,1-5H3. The Morgan fingerprint density at radius 2 is 1.79 bits per heavy atom. The van der Waals surface area contributed by atoms with Gasteiger partial charge in [0, 0.05) is 6.26 Å². The fourth-order valence-electron chi connectivity index (χ4n) is 1.79. The Bertz CT molecular complexity index is 587. The first-order chi connectivity index (χ1) is 8.72. The molecule has 19 heavy (non-hydrogen) atoms. The van der Waals surface area contributed by atoms with Crippen LogP contribution in [0.15, 0.2) is 17.0 Å². The maximum atomic E-state index is 11.8. The van der Waals surface area contributed by atoms with E-state index in [0.29, 0.717) is 11.3 Å². The average molecular weight is 286 g/mol. The summed E-state index contributed by atoms with van der Waals surface area (Å²) in [5, 5.41) is 0. The summed E-state index contributed by atoms with van der Waals surface area (Å²) in [7, 11) is -0.774. The summed E-state index contributed by atoms with van der Waals surface area (Å²) in [6, 6.07) is 2.89. The van der Waals surface area contributed by atoms with Crippen molar-refractivity contribution in [3.05, 3.63) is 23.3 Å². The van der Waals surface area contributed by atoms with E-state index in [9.17, 15) is 13.2 Å². The Kier molecular flexibility index (Phi) is 4.57. The van der Waals surface area contributed by atoms with Crippen LogP contribution in [-0.2, 0) is 14.6 Å². The van der Waals surface area contributed by atoms with Crippen LogP contribution in [0, 0.1) is 0 Å². The van der Waals surface area contributed by atoms with Crippen LogP contribution in [0.3, 0.4) is 0 Å². The van der Waals surface area contributed by atoms with Gasteiger partial charge in [-0.1, -0.05) is 13.8 Å². The molecule has 0 saturated carbocycles. The van der Waals surface area contributed by atoms with Gasteiger partial charge in [-0.2, -0.15) is 0 Å². The minimum Gasteiger partial charge on any atom is -0.496 e. The van der Waals surface area contributed by atoms with Crippen LogP contribution >= 0.6 is 0 Å². The first-order valence-corrected chi connectivity index (χ1v) is 7.61. The average Bonchev–Trinajstić information content (AvgIpc) is 2.34. The zero-order chi connectivity index (χ0) is 14.8. The third-order valence-electron chi connectivity index (χ3n) is 2.76. The summed E-state index contributed by atoms with van der Waals surface area (Å²) in [6.07, 6.45) is 1.11. The van der Waals surface area contributed by atoms with E-state index in [1.807, 2.05) is 13.8 Å². The molecule has 1 rings (SSSR count). The van der Waals surface area contributed by atoms with Crippen molar-refractivity contribution in [2.75, 3.05) is 20.5 Å². The van der Waals surface area contributed by atoms with Crippen LogP contribution in [0.5, 0.6) is 5.75 Å². The third-order valence-corrected chi connectivity index (χ3v) is 3.91. The number of sulfone groups is 1. The number of hydrogen-bond acceptors (Lipinski definition) is 5. The number of carbonyl (C=O) groups is 1. The van der Waals surface area contributed by atoms with Crippen molar-refractivity contribution in [1.82, 2.24) is 0 Å². The van der Waals surface area contributed by atoms with Crippen LogP contribution in [0.2, 0.25) is 0 Å². The molecule has 0 spiro atoms. The fraction of sp³-hybridized carbons (Fsp3) is 0.462. The number of hydrogen-bond donors (Lipinski definition) is 0. The van der Waals surface area contributed by atoms with Gasteiger partial charge in [-0.05, 0) is 23.6 Å². The van der Waals surface area contributed by atoms with Gasteiger partial charge in [0.25, 0.3) is 0 Å². The molecule has 1 aromatic carbocycles. The molecule has 0 radical (unpaired) electrons. The first kappa shape index (κ1) is 15.5. The van der Waals surface area contributed by atoms with Gasteiger partial charge in [0.05, 0.1) is 19.1 Å². The molecule has 0 amide bonds. The highest BCUT2D eigenvalue weighted by molar-refractivity contribution is 7.90. The molecule has 5 nitrogen and oxygen atoms in total. The number of benzene rings is 1. The van der Waals surface area contributed by atoms with Gasteiger partial charge >= 0.3 is 5.97 Å². The van der Waals surface area contributed by atoms with Crippen LogP contribution in [-0.4, -0.2) is 34.9 Å². The molecular formula is C13H18O5S. The Hall–Kier alpha value is -1.56. The number of methoxy groups -OCH3 is 2. The van der Waals surface area contributed by atoms with Crippen molar-refractivity contribution >= 4 is 15.8 Å². The van der Waals surface area contributed by atoms with E-state index in [0.717, 1.165) is 6.26 Å². The van der Waals surface area contributed by atoms with Crippen LogP contribution < -0.4 is 4.74 Å². The molecule has 0 aliphatic carbocycles. The van der Waals surface area contributed by atoms with Gasteiger partial charge in [-0.3, -0.25) is 0 Å². The summed E-state index contributed by atoms with van der Waals surface area (Å²) >= 11 is 0. The van der Waals surface area contributed by atoms with Gasteiger partial charge < -0.3 is 9.47 Å². The van der Waals surface area contributed by atoms with E-state index in [-0.39, 0.29) is 16.4 Å². The second-order valence-electron chi connectivity index (χ2n) is 4.51. The van der Waals surface area contributed by atoms with Crippen LogP contribution in [0.1, 0.15) is 35.7 Å². The lowest BCUT2D eigenvalue weighted by atomic mass is 10.0. The Morgan fingerprint density at radius 1 is 1.21 bits per heavy atom. The predicted molar refractivity (Wildman–Crippen MR) is 71.5 cm³/mol. The Morgan fingerprint density at radius 3 is 2.16 bits per heavy atom. The Balaban J connectivity index is 3.66. The lowest BCUT2D eigenvalue weighted by Gasteiger charge is -2.15. The topological polar surface area (TPSA) is 69.7 Å².